The first-order valence-corrected chi connectivity index (χ1v) is 10.9. The Kier molecular flexibility index (Phi) is 5.86. The van der Waals surface area contributed by atoms with Crippen LogP contribution in [0.1, 0.15) is 27.3 Å². The number of hydrogen-bond acceptors (Lipinski definition) is 7. The van der Waals surface area contributed by atoms with Crippen LogP contribution in [-0.4, -0.2) is 22.1 Å². The number of aromatic nitrogens is 2. The van der Waals surface area contributed by atoms with Crippen molar-refractivity contribution in [1.29, 1.82) is 0 Å². The summed E-state index contributed by atoms with van der Waals surface area (Å²) >= 11 is 1.14. The molecule has 0 saturated carbocycles. The van der Waals surface area contributed by atoms with Crippen molar-refractivity contribution in [2.24, 2.45) is 0 Å². The maximum absolute atomic E-state index is 13.0. The summed E-state index contributed by atoms with van der Waals surface area (Å²) in [5.41, 5.74) is 2.34. The molecule has 2 heterocycles. The van der Waals surface area contributed by atoms with E-state index in [1.165, 1.54) is 12.1 Å². The van der Waals surface area contributed by atoms with E-state index in [0.29, 0.717) is 46.8 Å². The fourth-order valence-corrected chi connectivity index (χ4v) is 3.82. The van der Waals surface area contributed by atoms with Crippen molar-refractivity contribution >= 4 is 17.4 Å². The molecule has 0 spiro atoms. The standard InChI is InChI=1S/C24H18FN3O4S/c25-18-6-1-15(2-7-18)12-22-27-24(33-28-22)32-19-8-4-17(5-9-19)23(29)26-13-16-3-10-20-21(11-16)31-14-30-20/h1-11H,12-14H2,(H,26,29). The fourth-order valence-electron chi connectivity index (χ4n) is 3.25. The van der Waals surface area contributed by atoms with E-state index < -0.39 is 0 Å². The smallest absolute Gasteiger partial charge is 0.298 e. The molecule has 0 unspecified atom stereocenters. The number of nitrogens with one attached hydrogen (secondary N) is 1. The van der Waals surface area contributed by atoms with Gasteiger partial charge in [0, 0.05) is 30.1 Å². The number of ether oxygens (including phenoxy) is 3. The average Bonchev–Trinajstić information content (AvgIpc) is 3.48. The van der Waals surface area contributed by atoms with Crippen LogP contribution in [0.2, 0.25) is 0 Å². The Labute approximate surface area is 192 Å². The zero-order chi connectivity index (χ0) is 22.6. The normalized spacial score (nSPS) is 11.9. The molecule has 1 amide bonds. The van der Waals surface area contributed by atoms with E-state index in [1.54, 1.807) is 36.4 Å². The van der Waals surface area contributed by atoms with Crippen molar-refractivity contribution in [3.05, 3.63) is 95.1 Å². The molecule has 33 heavy (non-hydrogen) atoms. The molecule has 0 aliphatic carbocycles. The van der Waals surface area contributed by atoms with Crippen molar-refractivity contribution in [2.75, 3.05) is 6.79 Å². The lowest BCUT2D eigenvalue weighted by Crippen LogP contribution is -2.22. The highest BCUT2D eigenvalue weighted by molar-refractivity contribution is 7.07. The van der Waals surface area contributed by atoms with Gasteiger partial charge in [-0.3, -0.25) is 4.79 Å². The highest BCUT2D eigenvalue weighted by Gasteiger charge is 2.14. The van der Waals surface area contributed by atoms with Gasteiger partial charge in [-0.15, -0.1) is 0 Å². The van der Waals surface area contributed by atoms with Gasteiger partial charge in [-0.1, -0.05) is 18.2 Å². The number of hydrogen-bond donors (Lipinski definition) is 1. The molecule has 0 radical (unpaired) electrons. The largest absolute Gasteiger partial charge is 0.454 e. The minimum Gasteiger partial charge on any atom is -0.454 e. The Balaban J connectivity index is 1.15. The molecule has 5 rings (SSSR count). The van der Waals surface area contributed by atoms with Gasteiger partial charge in [-0.25, -0.2) is 4.39 Å². The molecule has 7 nitrogen and oxygen atoms in total. The molecule has 0 fully saturated rings. The second-order valence-corrected chi connectivity index (χ2v) is 7.99. The van der Waals surface area contributed by atoms with Crippen LogP contribution in [0.25, 0.3) is 0 Å². The lowest BCUT2D eigenvalue weighted by Gasteiger charge is -2.07. The van der Waals surface area contributed by atoms with Crippen LogP contribution in [0.4, 0.5) is 4.39 Å². The Morgan fingerprint density at radius 3 is 2.58 bits per heavy atom. The summed E-state index contributed by atoms with van der Waals surface area (Å²) in [7, 11) is 0. The van der Waals surface area contributed by atoms with E-state index in [-0.39, 0.29) is 18.5 Å². The fraction of sp³-hybridized carbons (Fsp3) is 0.125. The summed E-state index contributed by atoms with van der Waals surface area (Å²) in [5.74, 6) is 2.06. The van der Waals surface area contributed by atoms with Crippen LogP contribution in [0.5, 0.6) is 22.4 Å². The molecule has 166 valence electrons. The number of carbonyl (C=O) groups excluding carboxylic acids is 1. The molecule has 9 heteroatoms. The molecular weight excluding hydrogens is 445 g/mol. The molecule has 1 aliphatic heterocycles. The van der Waals surface area contributed by atoms with E-state index >= 15 is 0 Å². The third kappa shape index (κ3) is 5.09. The van der Waals surface area contributed by atoms with Gasteiger partial charge in [-0.05, 0) is 59.7 Å². The van der Waals surface area contributed by atoms with Crippen LogP contribution in [0.15, 0.2) is 66.7 Å². The molecule has 4 aromatic rings. The Morgan fingerprint density at radius 1 is 1.00 bits per heavy atom. The second-order valence-electron chi connectivity index (χ2n) is 7.28. The van der Waals surface area contributed by atoms with Gasteiger partial charge in [0.25, 0.3) is 11.1 Å². The van der Waals surface area contributed by atoms with Gasteiger partial charge < -0.3 is 19.5 Å². The van der Waals surface area contributed by atoms with E-state index in [0.717, 1.165) is 22.7 Å². The highest BCUT2D eigenvalue weighted by Crippen LogP contribution is 2.32. The van der Waals surface area contributed by atoms with E-state index in [4.69, 9.17) is 14.2 Å². The average molecular weight is 463 g/mol. The van der Waals surface area contributed by atoms with Gasteiger partial charge in [0.15, 0.2) is 17.3 Å². The number of fused-ring (bicyclic) bond motifs is 1. The summed E-state index contributed by atoms with van der Waals surface area (Å²) in [4.78, 5) is 16.8. The molecule has 0 atom stereocenters. The monoisotopic (exact) mass is 463 g/mol. The zero-order valence-electron chi connectivity index (χ0n) is 17.3. The number of benzene rings is 3. The van der Waals surface area contributed by atoms with Crippen LogP contribution < -0.4 is 19.5 Å². The maximum atomic E-state index is 13.0. The number of nitrogens with zero attached hydrogens (tertiary/aromatic N) is 2. The SMILES string of the molecule is O=C(NCc1ccc2c(c1)OCO2)c1ccc(Oc2nc(Cc3ccc(F)cc3)ns2)cc1. The van der Waals surface area contributed by atoms with Crippen molar-refractivity contribution in [3.63, 3.8) is 0 Å². The van der Waals surface area contributed by atoms with Crippen molar-refractivity contribution < 1.29 is 23.4 Å². The van der Waals surface area contributed by atoms with E-state index in [1.807, 2.05) is 18.2 Å². The van der Waals surface area contributed by atoms with Gasteiger partial charge in [0.1, 0.15) is 11.6 Å². The molecule has 0 bridgehead atoms. The predicted octanol–water partition coefficient (Wildman–Crippen LogP) is 4.72. The third-order valence-electron chi connectivity index (χ3n) is 4.94. The second kappa shape index (κ2) is 9.25. The number of carbonyl (C=O) groups is 1. The highest BCUT2D eigenvalue weighted by atomic mass is 32.1. The summed E-state index contributed by atoms with van der Waals surface area (Å²) in [6.45, 7) is 0.585. The predicted molar refractivity (Wildman–Crippen MR) is 119 cm³/mol. The molecular formula is C24H18FN3O4S. The molecule has 3 aromatic carbocycles. The summed E-state index contributed by atoms with van der Waals surface area (Å²) < 4.78 is 33.7. The Morgan fingerprint density at radius 2 is 1.76 bits per heavy atom. The third-order valence-corrected chi connectivity index (χ3v) is 5.57. The maximum Gasteiger partial charge on any atom is 0.298 e. The quantitative estimate of drug-likeness (QED) is 0.427. The van der Waals surface area contributed by atoms with Gasteiger partial charge in [-0.2, -0.15) is 9.36 Å². The van der Waals surface area contributed by atoms with E-state index in [9.17, 15) is 9.18 Å². The summed E-state index contributed by atoms with van der Waals surface area (Å²) in [6, 6.07) is 18.6. The molecule has 0 saturated heterocycles. The summed E-state index contributed by atoms with van der Waals surface area (Å²) in [5, 5.41) is 3.28. The van der Waals surface area contributed by atoms with Crippen LogP contribution in [0.3, 0.4) is 0 Å². The van der Waals surface area contributed by atoms with Gasteiger partial charge in [0.2, 0.25) is 6.79 Å². The van der Waals surface area contributed by atoms with Crippen molar-refractivity contribution in [2.45, 2.75) is 13.0 Å². The first-order valence-electron chi connectivity index (χ1n) is 10.1. The first-order chi connectivity index (χ1) is 16.1. The molecule has 1 aliphatic rings. The number of halogens is 1. The van der Waals surface area contributed by atoms with Crippen molar-refractivity contribution in [3.8, 4) is 22.4 Å². The number of rotatable bonds is 7. The van der Waals surface area contributed by atoms with Crippen LogP contribution in [0, 0.1) is 5.82 Å². The minimum atomic E-state index is -0.279. The summed E-state index contributed by atoms with van der Waals surface area (Å²) in [6.07, 6.45) is 0.489. The molecule has 1 N–H and O–H groups in total. The lowest BCUT2D eigenvalue weighted by atomic mass is 10.1. The van der Waals surface area contributed by atoms with Crippen LogP contribution >= 0.6 is 11.5 Å². The lowest BCUT2D eigenvalue weighted by molar-refractivity contribution is 0.0951. The number of amides is 1. The first kappa shape index (κ1) is 20.9. The van der Waals surface area contributed by atoms with Gasteiger partial charge in [0.05, 0.1) is 0 Å². The Hall–Kier alpha value is -3.98. The minimum absolute atomic E-state index is 0.197. The van der Waals surface area contributed by atoms with E-state index in [2.05, 4.69) is 14.7 Å². The topological polar surface area (TPSA) is 82.6 Å². The van der Waals surface area contributed by atoms with Crippen LogP contribution in [-0.2, 0) is 13.0 Å². The zero-order valence-corrected chi connectivity index (χ0v) is 18.1. The van der Waals surface area contributed by atoms with Gasteiger partial charge >= 0.3 is 0 Å². The van der Waals surface area contributed by atoms with Crippen molar-refractivity contribution in [1.82, 2.24) is 14.7 Å². The molecule has 1 aromatic heterocycles. The Bertz CT molecular complexity index is 1280.